The summed E-state index contributed by atoms with van der Waals surface area (Å²) in [6.07, 6.45) is -0.381. The van der Waals surface area contributed by atoms with E-state index >= 15 is 0 Å². The first kappa shape index (κ1) is 15.3. The molecule has 0 saturated heterocycles. The van der Waals surface area contributed by atoms with Gasteiger partial charge in [-0.15, -0.1) is 0 Å². The number of carboxylic acids is 2. The third kappa shape index (κ3) is 2.73. The maximum Gasteiger partial charge on any atom is 0.335 e. The van der Waals surface area contributed by atoms with Gasteiger partial charge in [0, 0.05) is 11.7 Å². The lowest BCUT2D eigenvalue weighted by Crippen LogP contribution is -2.21. The molecule has 23 heavy (non-hydrogen) atoms. The van der Waals surface area contributed by atoms with Crippen LogP contribution in [-0.2, 0) is 9.36 Å². The number of hydrogen-bond acceptors (Lipinski definition) is 4. The van der Waals surface area contributed by atoms with E-state index in [1.54, 1.807) is 24.3 Å². The van der Waals surface area contributed by atoms with Crippen LogP contribution >= 0.6 is 7.37 Å². The molecule has 2 N–H and O–H groups in total. The van der Waals surface area contributed by atoms with Crippen LogP contribution in [0.3, 0.4) is 0 Å². The van der Waals surface area contributed by atoms with Crippen LogP contribution in [0.5, 0.6) is 5.75 Å². The number of aliphatic carboxylic acids is 1. The first-order chi connectivity index (χ1) is 10.9. The molecule has 0 radical (unpaired) electrons. The van der Waals surface area contributed by atoms with Crippen molar-refractivity contribution in [1.29, 1.82) is 0 Å². The van der Waals surface area contributed by atoms with Crippen LogP contribution in [0.1, 0.15) is 16.8 Å². The van der Waals surface area contributed by atoms with Crippen LogP contribution in [0.2, 0.25) is 0 Å². The minimum Gasteiger partial charge on any atom is -0.481 e. The first-order valence-electron chi connectivity index (χ1n) is 6.88. The lowest BCUT2D eigenvalue weighted by atomic mass is 10.0. The van der Waals surface area contributed by atoms with Gasteiger partial charge in [-0.2, -0.15) is 0 Å². The Hall–Kier alpha value is -2.59. The molecule has 3 rings (SSSR count). The van der Waals surface area contributed by atoms with E-state index in [0.717, 1.165) is 0 Å². The number of carbonyl (C=O) groups is 2. The van der Waals surface area contributed by atoms with Gasteiger partial charge in [-0.05, 0) is 29.8 Å². The van der Waals surface area contributed by atoms with E-state index < -0.39 is 19.3 Å². The third-order valence-electron chi connectivity index (χ3n) is 3.65. The zero-order valence-corrected chi connectivity index (χ0v) is 12.8. The van der Waals surface area contributed by atoms with Gasteiger partial charge in [0.05, 0.1) is 17.3 Å². The molecular formula is C16H13O6P. The molecule has 1 heterocycles. The van der Waals surface area contributed by atoms with E-state index in [1.165, 1.54) is 18.2 Å². The predicted octanol–water partition coefficient (Wildman–Crippen LogP) is 2.82. The highest BCUT2D eigenvalue weighted by molar-refractivity contribution is 7.67. The standard InChI is InChI=1S/C16H13O6P/c17-15(18)7-8-23(21)14-4-2-1-3-11(14)12-9-10(16(19)20)5-6-13(12)22-23/h1-6,9H,7-8H2,(H,17,18)(H,19,20). The molecule has 0 saturated carbocycles. The number of benzene rings is 2. The summed E-state index contributed by atoms with van der Waals surface area (Å²) in [4.78, 5) is 22.0. The average molecular weight is 332 g/mol. The molecule has 0 bridgehead atoms. The van der Waals surface area contributed by atoms with Gasteiger partial charge in [0.1, 0.15) is 5.75 Å². The molecule has 0 aliphatic carbocycles. The zero-order chi connectivity index (χ0) is 16.6. The molecule has 1 unspecified atom stereocenters. The van der Waals surface area contributed by atoms with E-state index in [4.69, 9.17) is 14.7 Å². The summed E-state index contributed by atoms with van der Waals surface area (Å²) in [7, 11) is -3.36. The Labute approximate surface area is 131 Å². The van der Waals surface area contributed by atoms with Crippen molar-refractivity contribution in [1.82, 2.24) is 0 Å². The van der Waals surface area contributed by atoms with Crippen molar-refractivity contribution in [3.63, 3.8) is 0 Å². The summed E-state index contributed by atoms with van der Waals surface area (Å²) < 4.78 is 18.8. The maximum atomic E-state index is 13.1. The maximum absolute atomic E-state index is 13.1. The van der Waals surface area contributed by atoms with E-state index in [-0.39, 0.29) is 18.1 Å². The van der Waals surface area contributed by atoms with E-state index in [2.05, 4.69) is 0 Å². The van der Waals surface area contributed by atoms with E-state index in [9.17, 15) is 14.2 Å². The van der Waals surface area contributed by atoms with Crippen LogP contribution < -0.4 is 9.83 Å². The van der Waals surface area contributed by atoms with Gasteiger partial charge < -0.3 is 14.7 Å². The van der Waals surface area contributed by atoms with Crippen LogP contribution in [-0.4, -0.2) is 28.3 Å². The fraction of sp³-hybridized carbons (Fsp3) is 0.125. The lowest BCUT2D eigenvalue weighted by molar-refractivity contribution is -0.136. The average Bonchev–Trinajstić information content (AvgIpc) is 2.53. The molecule has 1 atom stereocenters. The van der Waals surface area contributed by atoms with Crippen molar-refractivity contribution in [3.8, 4) is 16.9 Å². The molecule has 0 spiro atoms. The van der Waals surface area contributed by atoms with E-state index in [0.29, 0.717) is 22.2 Å². The molecule has 0 amide bonds. The Balaban J connectivity index is 2.14. The van der Waals surface area contributed by atoms with Crippen LogP contribution in [0.4, 0.5) is 0 Å². The lowest BCUT2D eigenvalue weighted by Gasteiger charge is -2.28. The Bertz CT molecular complexity index is 857. The van der Waals surface area contributed by atoms with Gasteiger partial charge in [-0.3, -0.25) is 9.36 Å². The molecule has 1 aliphatic rings. The van der Waals surface area contributed by atoms with Crippen molar-refractivity contribution < 1.29 is 28.9 Å². The van der Waals surface area contributed by atoms with Crippen LogP contribution in [0, 0.1) is 0 Å². The minimum absolute atomic E-state index is 0.101. The predicted molar refractivity (Wildman–Crippen MR) is 83.8 cm³/mol. The molecule has 7 heteroatoms. The number of aromatic carboxylic acids is 1. The van der Waals surface area contributed by atoms with Gasteiger partial charge in [0.2, 0.25) is 0 Å². The van der Waals surface area contributed by atoms with Crippen LogP contribution in [0.25, 0.3) is 11.1 Å². The molecule has 1 aliphatic heterocycles. The molecule has 0 aromatic heterocycles. The molecule has 2 aromatic rings. The second-order valence-electron chi connectivity index (χ2n) is 5.17. The normalized spacial score (nSPS) is 18.4. The second kappa shape index (κ2) is 5.56. The van der Waals surface area contributed by atoms with Crippen LogP contribution in [0.15, 0.2) is 42.5 Å². The van der Waals surface area contributed by atoms with Crippen molar-refractivity contribution in [2.24, 2.45) is 0 Å². The molecular weight excluding hydrogens is 319 g/mol. The highest BCUT2D eigenvalue weighted by Gasteiger charge is 2.36. The largest absolute Gasteiger partial charge is 0.481 e. The summed E-state index contributed by atoms with van der Waals surface area (Å²) in [5.74, 6) is -1.80. The van der Waals surface area contributed by atoms with Gasteiger partial charge >= 0.3 is 11.9 Å². The summed E-state index contributed by atoms with van der Waals surface area (Å²) in [6, 6.07) is 11.1. The Kier molecular flexibility index (Phi) is 3.70. The first-order valence-corrected chi connectivity index (χ1v) is 8.69. The third-order valence-corrected chi connectivity index (χ3v) is 6.08. The van der Waals surface area contributed by atoms with Gasteiger partial charge in [0.25, 0.3) is 7.37 Å². The van der Waals surface area contributed by atoms with Gasteiger partial charge in [0.15, 0.2) is 0 Å². The Morgan fingerprint density at radius 1 is 1.04 bits per heavy atom. The highest BCUT2D eigenvalue weighted by atomic mass is 31.2. The number of carboxylic acid groups (broad SMARTS) is 2. The minimum atomic E-state index is -3.36. The quantitative estimate of drug-likeness (QED) is 0.835. The van der Waals surface area contributed by atoms with E-state index in [1.807, 2.05) is 0 Å². The monoisotopic (exact) mass is 332 g/mol. The summed E-state index contributed by atoms with van der Waals surface area (Å²) in [6.45, 7) is 0. The Morgan fingerprint density at radius 3 is 2.48 bits per heavy atom. The molecule has 2 aromatic carbocycles. The zero-order valence-electron chi connectivity index (χ0n) is 11.9. The number of rotatable bonds is 4. The fourth-order valence-corrected chi connectivity index (χ4v) is 4.84. The fourth-order valence-electron chi connectivity index (χ4n) is 2.57. The van der Waals surface area contributed by atoms with Crippen molar-refractivity contribution >= 4 is 24.6 Å². The van der Waals surface area contributed by atoms with Gasteiger partial charge in [-0.25, -0.2) is 4.79 Å². The molecule has 0 fully saturated rings. The highest BCUT2D eigenvalue weighted by Crippen LogP contribution is 2.54. The smallest absolute Gasteiger partial charge is 0.335 e. The Morgan fingerprint density at radius 2 is 1.78 bits per heavy atom. The SMILES string of the molecule is O=C(O)CCP1(=O)Oc2ccc(C(=O)O)cc2-c2ccccc21. The second-order valence-corrected chi connectivity index (χ2v) is 7.62. The molecule has 118 valence electrons. The summed E-state index contributed by atoms with van der Waals surface area (Å²) >= 11 is 0. The summed E-state index contributed by atoms with van der Waals surface area (Å²) in [5, 5.41) is 18.4. The van der Waals surface area contributed by atoms with Gasteiger partial charge in [-0.1, -0.05) is 18.2 Å². The molecule has 6 nitrogen and oxygen atoms in total. The van der Waals surface area contributed by atoms with Crippen molar-refractivity contribution in [3.05, 3.63) is 48.0 Å². The number of fused-ring (bicyclic) bond motifs is 3. The summed E-state index contributed by atoms with van der Waals surface area (Å²) in [5.41, 5.74) is 1.26. The van der Waals surface area contributed by atoms with Crippen molar-refractivity contribution in [2.75, 3.05) is 6.16 Å². The number of hydrogen-bond donors (Lipinski definition) is 2. The van der Waals surface area contributed by atoms with Crippen molar-refractivity contribution in [2.45, 2.75) is 6.42 Å². The topological polar surface area (TPSA) is 101 Å².